The first-order valence-electron chi connectivity index (χ1n) is 8.05. The van der Waals surface area contributed by atoms with E-state index in [9.17, 15) is 4.79 Å². The number of hydrogen-bond acceptors (Lipinski definition) is 5. The number of fused-ring (bicyclic) bond motifs is 1. The average molecular weight is 345 g/mol. The lowest BCUT2D eigenvalue weighted by Crippen LogP contribution is -2.66. The van der Waals surface area contributed by atoms with Crippen molar-refractivity contribution < 1.29 is 13.9 Å². The van der Waals surface area contributed by atoms with Crippen molar-refractivity contribution in [3.05, 3.63) is 34.7 Å². The Morgan fingerprint density at radius 3 is 2.79 bits per heavy atom. The van der Waals surface area contributed by atoms with Crippen molar-refractivity contribution in [1.82, 2.24) is 15.5 Å². The first-order valence-corrected chi connectivity index (χ1v) is 8.46. The summed E-state index contributed by atoms with van der Waals surface area (Å²) in [6, 6.07) is 7.30. The lowest BCUT2D eigenvalue weighted by molar-refractivity contribution is -0.108. The van der Waals surface area contributed by atoms with Crippen LogP contribution in [0.1, 0.15) is 30.6 Å². The van der Waals surface area contributed by atoms with Crippen LogP contribution in [-0.2, 0) is 4.74 Å². The van der Waals surface area contributed by atoms with Gasteiger partial charge in [-0.05, 0) is 42.9 Å². The maximum absolute atomic E-state index is 12.6. The molecule has 2 heterocycles. The van der Waals surface area contributed by atoms with E-state index < -0.39 is 0 Å². The van der Waals surface area contributed by atoms with Crippen molar-refractivity contribution in [2.75, 3.05) is 6.61 Å². The van der Waals surface area contributed by atoms with Crippen LogP contribution >= 0.6 is 12.2 Å². The third-order valence-corrected chi connectivity index (χ3v) is 5.39. The van der Waals surface area contributed by atoms with Crippen molar-refractivity contribution in [1.29, 1.82) is 0 Å². The van der Waals surface area contributed by atoms with Gasteiger partial charge in [-0.25, -0.2) is 5.10 Å². The van der Waals surface area contributed by atoms with Crippen molar-refractivity contribution in [2.24, 2.45) is 11.3 Å². The molecule has 1 aromatic heterocycles. The largest absolute Gasteiger partial charge is 0.409 e. The topological polar surface area (TPSA) is 80.2 Å². The number of amides is 1. The molecular formula is C17H19N3O3S. The lowest BCUT2D eigenvalue weighted by atomic mass is 9.57. The predicted molar refractivity (Wildman–Crippen MR) is 90.0 cm³/mol. The number of aromatic nitrogens is 2. The molecule has 7 heteroatoms. The van der Waals surface area contributed by atoms with E-state index in [0.717, 1.165) is 18.6 Å². The van der Waals surface area contributed by atoms with Crippen LogP contribution in [0.25, 0.3) is 11.5 Å². The van der Waals surface area contributed by atoms with Gasteiger partial charge in [0.15, 0.2) is 0 Å². The summed E-state index contributed by atoms with van der Waals surface area (Å²) in [4.78, 5) is 12.8. The van der Waals surface area contributed by atoms with Gasteiger partial charge >= 0.3 is 0 Å². The van der Waals surface area contributed by atoms with E-state index in [0.29, 0.717) is 17.4 Å². The molecule has 3 atom stereocenters. The minimum atomic E-state index is -0.0621. The second-order valence-corrected chi connectivity index (χ2v) is 7.38. The smallest absolute Gasteiger partial charge is 0.284 e. The Labute approximate surface area is 144 Å². The van der Waals surface area contributed by atoms with Crippen molar-refractivity contribution in [3.63, 3.8) is 0 Å². The second-order valence-electron chi connectivity index (χ2n) is 7.01. The molecule has 2 N–H and O–H groups in total. The zero-order valence-corrected chi connectivity index (χ0v) is 14.4. The van der Waals surface area contributed by atoms with E-state index >= 15 is 0 Å². The SMILES string of the molecule is CC1(C)[C@H](NC(=O)c2ccc(-c3n[nH]c(=S)o3)cc2)[C@H]2CCO[C@H]21. The van der Waals surface area contributed by atoms with E-state index in [1.807, 2.05) is 0 Å². The molecule has 0 unspecified atom stereocenters. The quantitative estimate of drug-likeness (QED) is 0.836. The molecule has 0 radical (unpaired) electrons. The summed E-state index contributed by atoms with van der Waals surface area (Å²) in [5.74, 6) is 0.780. The van der Waals surface area contributed by atoms with E-state index in [1.165, 1.54) is 0 Å². The monoisotopic (exact) mass is 345 g/mol. The Morgan fingerprint density at radius 2 is 2.12 bits per heavy atom. The molecule has 2 fully saturated rings. The van der Waals surface area contributed by atoms with Gasteiger partial charge in [0, 0.05) is 35.1 Å². The van der Waals surface area contributed by atoms with Gasteiger partial charge in [-0.2, -0.15) is 0 Å². The normalized spacial score (nSPS) is 27.3. The molecule has 6 nitrogen and oxygen atoms in total. The summed E-state index contributed by atoms with van der Waals surface area (Å²) >= 11 is 4.87. The van der Waals surface area contributed by atoms with Gasteiger partial charge in [0.2, 0.25) is 5.89 Å². The van der Waals surface area contributed by atoms with Crippen molar-refractivity contribution in [3.8, 4) is 11.5 Å². The highest BCUT2D eigenvalue weighted by Crippen LogP contribution is 2.52. The van der Waals surface area contributed by atoms with Crippen molar-refractivity contribution in [2.45, 2.75) is 32.4 Å². The fraction of sp³-hybridized carbons (Fsp3) is 0.471. The standard InChI is InChI=1S/C17H19N3O3S/c1-17(2)12(11-7-8-22-13(11)17)18-14(21)9-3-5-10(6-4-9)15-19-20-16(24)23-15/h3-6,11-13H,7-8H2,1-2H3,(H,18,21)(H,20,24)/t11-,12-,13-/m1/s1. The number of nitrogens with zero attached hydrogens (tertiary/aromatic N) is 1. The highest BCUT2D eigenvalue weighted by Gasteiger charge is 2.59. The van der Waals surface area contributed by atoms with Crippen molar-refractivity contribution >= 4 is 18.1 Å². The summed E-state index contributed by atoms with van der Waals surface area (Å²) < 4.78 is 11.0. The van der Waals surface area contributed by atoms with Gasteiger partial charge in [0.05, 0.1) is 6.10 Å². The maximum atomic E-state index is 12.6. The zero-order chi connectivity index (χ0) is 16.9. The van der Waals surface area contributed by atoms with Gasteiger partial charge in [-0.3, -0.25) is 4.79 Å². The van der Waals surface area contributed by atoms with Crippen LogP contribution in [0.4, 0.5) is 0 Å². The molecule has 0 spiro atoms. The number of carbonyl (C=O) groups is 1. The molecule has 0 bridgehead atoms. The Bertz CT molecular complexity index is 824. The number of hydrogen-bond donors (Lipinski definition) is 2. The van der Waals surface area contributed by atoms with Crippen LogP contribution in [0.15, 0.2) is 28.7 Å². The first-order chi connectivity index (χ1) is 11.5. The van der Waals surface area contributed by atoms with Gasteiger partial charge < -0.3 is 14.5 Å². The fourth-order valence-electron chi connectivity index (χ4n) is 3.96. The molecule has 1 saturated heterocycles. The van der Waals surface area contributed by atoms with E-state index in [4.69, 9.17) is 21.4 Å². The van der Waals surface area contributed by atoms with Gasteiger partial charge in [-0.1, -0.05) is 13.8 Å². The minimum Gasteiger partial charge on any atom is -0.409 e. The van der Waals surface area contributed by atoms with Crippen LogP contribution in [0.3, 0.4) is 0 Å². The molecular weight excluding hydrogens is 326 g/mol. The molecule has 1 amide bonds. The minimum absolute atomic E-state index is 0.0233. The Balaban J connectivity index is 1.48. The first kappa shape index (κ1) is 15.5. The summed E-state index contributed by atoms with van der Waals surface area (Å²) in [6.07, 6.45) is 1.28. The molecule has 1 aliphatic heterocycles. The summed E-state index contributed by atoms with van der Waals surface area (Å²) in [5.41, 5.74) is 1.36. The Kier molecular flexibility index (Phi) is 3.58. The van der Waals surface area contributed by atoms with E-state index in [2.05, 4.69) is 29.4 Å². The third-order valence-electron chi connectivity index (χ3n) is 5.22. The number of aromatic amines is 1. The highest BCUT2D eigenvalue weighted by molar-refractivity contribution is 7.71. The molecule has 2 aliphatic rings. The highest BCUT2D eigenvalue weighted by atomic mass is 32.1. The summed E-state index contributed by atoms with van der Waals surface area (Å²) in [7, 11) is 0. The average Bonchev–Trinajstić information content (AvgIpc) is 3.20. The van der Waals surface area contributed by atoms with E-state index in [-0.39, 0.29) is 28.3 Å². The van der Waals surface area contributed by atoms with Crippen LogP contribution in [0, 0.1) is 16.2 Å². The molecule has 1 saturated carbocycles. The van der Waals surface area contributed by atoms with Gasteiger partial charge in [0.25, 0.3) is 10.7 Å². The van der Waals surface area contributed by atoms with Crippen LogP contribution in [0.5, 0.6) is 0 Å². The molecule has 1 aromatic carbocycles. The maximum Gasteiger partial charge on any atom is 0.284 e. The number of ether oxygens (including phenoxy) is 1. The Hall–Kier alpha value is -1.99. The molecule has 24 heavy (non-hydrogen) atoms. The predicted octanol–water partition coefficient (Wildman–Crippen LogP) is 2.94. The second kappa shape index (κ2) is 5.53. The molecule has 4 rings (SSSR count). The number of benzene rings is 1. The molecule has 1 aliphatic carbocycles. The van der Waals surface area contributed by atoms with Gasteiger partial charge in [0.1, 0.15) is 0 Å². The number of H-pyrrole nitrogens is 1. The van der Waals surface area contributed by atoms with Crippen LogP contribution < -0.4 is 5.32 Å². The fourth-order valence-corrected chi connectivity index (χ4v) is 4.08. The number of rotatable bonds is 3. The zero-order valence-electron chi connectivity index (χ0n) is 13.5. The number of carbonyl (C=O) groups excluding carboxylic acids is 1. The molecule has 2 aromatic rings. The van der Waals surface area contributed by atoms with Crippen LogP contribution in [-0.4, -0.2) is 34.9 Å². The van der Waals surface area contributed by atoms with Crippen LogP contribution in [0.2, 0.25) is 0 Å². The molecule has 126 valence electrons. The summed E-state index contributed by atoms with van der Waals surface area (Å²) in [5, 5.41) is 9.74. The third kappa shape index (κ3) is 2.39. The Morgan fingerprint density at radius 1 is 1.38 bits per heavy atom. The number of nitrogens with one attached hydrogen (secondary N) is 2. The lowest BCUT2D eigenvalue weighted by Gasteiger charge is -2.54. The summed E-state index contributed by atoms with van der Waals surface area (Å²) in [6.45, 7) is 5.09. The van der Waals surface area contributed by atoms with E-state index in [1.54, 1.807) is 24.3 Å². The van der Waals surface area contributed by atoms with Gasteiger partial charge in [-0.15, -0.1) is 5.10 Å².